The maximum Gasteiger partial charge on any atom is 0.222 e. The lowest BCUT2D eigenvalue weighted by Gasteiger charge is -2.29. The summed E-state index contributed by atoms with van der Waals surface area (Å²) >= 11 is 0. The van der Waals surface area contributed by atoms with Crippen LogP contribution < -0.4 is 5.73 Å². The van der Waals surface area contributed by atoms with Gasteiger partial charge >= 0.3 is 0 Å². The molecular formula is C19H22N2O. The lowest BCUT2D eigenvalue weighted by atomic mass is 9.92. The molecule has 2 aromatic carbocycles. The van der Waals surface area contributed by atoms with E-state index in [2.05, 4.69) is 30.3 Å². The van der Waals surface area contributed by atoms with Crippen molar-refractivity contribution in [2.75, 3.05) is 6.54 Å². The third-order valence-electron chi connectivity index (χ3n) is 4.42. The Morgan fingerprint density at radius 2 is 1.91 bits per heavy atom. The molecule has 114 valence electrons. The molecule has 1 aliphatic rings. The fourth-order valence-corrected chi connectivity index (χ4v) is 3.06. The number of nitrogens with zero attached hydrogens (tertiary/aromatic N) is 1. The van der Waals surface area contributed by atoms with Crippen LogP contribution in [0.4, 0.5) is 0 Å². The molecular weight excluding hydrogens is 272 g/mol. The zero-order valence-corrected chi connectivity index (χ0v) is 13.0. The summed E-state index contributed by atoms with van der Waals surface area (Å²) in [6.07, 6.45) is 1.50. The summed E-state index contributed by atoms with van der Waals surface area (Å²) in [5, 5.41) is 0. The van der Waals surface area contributed by atoms with Crippen LogP contribution in [0, 0.1) is 0 Å². The van der Waals surface area contributed by atoms with Crippen LogP contribution in [0.2, 0.25) is 0 Å². The van der Waals surface area contributed by atoms with Gasteiger partial charge in [-0.15, -0.1) is 0 Å². The van der Waals surface area contributed by atoms with Gasteiger partial charge in [0.15, 0.2) is 0 Å². The van der Waals surface area contributed by atoms with E-state index in [0.29, 0.717) is 13.0 Å². The Kier molecular flexibility index (Phi) is 4.25. The number of carbonyl (C=O) groups excluding carboxylic acids is 1. The van der Waals surface area contributed by atoms with E-state index in [4.69, 9.17) is 5.73 Å². The van der Waals surface area contributed by atoms with E-state index < -0.39 is 0 Å². The third kappa shape index (κ3) is 2.90. The highest BCUT2D eigenvalue weighted by molar-refractivity contribution is 5.76. The fraction of sp³-hybridized carbons (Fsp3) is 0.316. The molecule has 1 heterocycles. The minimum Gasteiger partial charge on any atom is -0.338 e. The van der Waals surface area contributed by atoms with Gasteiger partial charge in [0.05, 0.1) is 6.04 Å². The molecule has 3 nitrogen and oxygen atoms in total. The summed E-state index contributed by atoms with van der Waals surface area (Å²) in [7, 11) is 0. The van der Waals surface area contributed by atoms with Gasteiger partial charge in [0.2, 0.25) is 5.91 Å². The zero-order chi connectivity index (χ0) is 15.5. The lowest BCUT2D eigenvalue weighted by Crippen LogP contribution is -2.35. The summed E-state index contributed by atoms with van der Waals surface area (Å²) in [6.45, 7) is 3.45. The maximum absolute atomic E-state index is 11.9. The van der Waals surface area contributed by atoms with E-state index >= 15 is 0 Å². The molecule has 0 saturated heterocycles. The van der Waals surface area contributed by atoms with Crippen molar-refractivity contribution in [3.63, 3.8) is 0 Å². The maximum atomic E-state index is 11.9. The Bertz CT molecular complexity index is 666. The first kappa shape index (κ1) is 14.8. The Labute approximate surface area is 131 Å². The van der Waals surface area contributed by atoms with Crippen LogP contribution >= 0.6 is 0 Å². The quantitative estimate of drug-likeness (QED) is 0.946. The molecule has 2 aromatic rings. The Balaban J connectivity index is 1.86. The molecule has 1 atom stereocenters. The van der Waals surface area contributed by atoms with Gasteiger partial charge in [-0.05, 0) is 28.7 Å². The van der Waals surface area contributed by atoms with Crippen molar-refractivity contribution < 1.29 is 4.79 Å². The van der Waals surface area contributed by atoms with Gasteiger partial charge in [-0.3, -0.25) is 4.79 Å². The standard InChI is InChI=1S/C19H22N2O/c1-2-18(22)21-11-10-14-8-9-16(12-17(14)13-21)19(20)15-6-4-3-5-7-15/h3-9,12,19H,2,10-11,13,20H2,1H3. The van der Waals surface area contributed by atoms with Crippen molar-refractivity contribution >= 4 is 5.91 Å². The summed E-state index contributed by atoms with van der Waals surface area (Å²) in [5.74, 6) is 0.225. The molecule has 0 spiro atoms. The average molecular weight is 294 g/mol. The minimum absolute atomic E-state index is 0.122. The van der Waals surface area contributed by atoms with Gasteiger partial charge in [-0.2, -0.15) is 0 Å². The van der Waals surface area contributed by atoms with Crippen LogP contribution in [0.1, 0.15) is 41.6 Å². The van der Waals surface area contributed by atoms with E-state index in [1.165, 1.54) is 11.1 Å². The first-order valence-corrected chi connectivity index (χ1v) is 7.89. The molecule has 3 rings (SSSR count). The average Bonchev–Trinajstić information content (AvgIpc) is 2.60. The normalized spacial score (nSPS) is 15.3. The van der Waals surface area contributed by atoms with E-state index in [-0.39, 0.29) is 11.9 Å². The summed E-state index contributed by atoms with van der Waals surface area (Å²) in [5.41, 5.74) is 11.2. The van der Waals surface area contributed by atoms with E-state index in [9.17, 15) is 4.79 Å². The number of benzene rings is 2. The van der Waals surface area contributed by atoms with Gasteiger partial charge in [0.1, 0.15) is 0 Å². The van der Waals surface area contributed by atoms with E-state index in [0.717, 1.165) is 24.1 Å². The molecule has 1 unspecified atom stereocenters. The molecule has 0 saturated carbocycles. The number of carbonyl (C=O) groups is 1. The van der Waals surface area contributed by atoms with Crippen LogP contribution in [0.5, 0.6) is 0 Å². The number of nitrogens with two attached hydrogens (primary N) is 1. The monoisotopic (exact) mass is 294 g/mol. The van der Waals surface area contributed by atoms with Crippen molar-refractivity contribution in [3.8, 4) is 0 Å². The third-order valence-corrected chi connectivity index (χ3v) is 4.42. The van der Waals surface area contributed by atoms with Crippen LogP contribution in [0.3, 0.4) is 0 Å². The smallest absolute Gasteiger partial charge is 0.222 e. The van der Waals surface area contributed by atoms with Gasteiger partial charge in [0.25, 0.3) is 0 Å². The first-order chi connectivity index (χ1) is 10.7. The van der Waals surface area contributed by atoms with Crippen molar-refractivity contribution in [1.29, 1.82) is 0 Å². The highest BCUT2D eigenvalue weighted by Crippen LogP contribution is 2.26. The molecule has 1 amide bonds. The number of rotatable bonds is 3. The van der Waals surface area contributed by atoms with Gasteiger partial charge < -0.3 is 10.6 Å². The molecule has 3 heteroatoms. The highest BCUT2D eigenvalue weighted by atomic mass is 16.2. The predicted molar refractivity (Wildman–Crippen MR) is 88.3 cm³/mol. The van der Waals surface area contributed by atoms with Crippen LogP contribution in [0.25, 0.3) is 0 Å². The molecule has 0 aromatic heterocycles. The van der Waals surface area contributed by atoms with Crippen molar-refractivity contribution in [2.45, 2.75) is 32.4 Å². The Morgan fingerprint density at radius 3 is 2.64 bits per heavy atom. The SMILES string of the molecule is CCC(=O)N1CCc2ccc(C(N)c3ccccc3)cc2C1. The largest absolute Gasteiger partial charge is 0.338 e. The summed E-state index contributed by atoms with van der Waals surface area (Å²) in [4.78, 5) is 13.9. The minimum atomic E-state index is -0.122. The van der Waals surface area contributed by atoms with Gasteiger partial charge in [-0.25, -0.2) is 0 Å². The molecule has 0 radical (unpaired) electrons. The molecule has 0 fully saturated rings. The van der Waals surface area contributed by atoms with Crippen molar-refractivity contribution in [2.24, 2.45) is 5.73 Å². The fourth-order valence-electron chi connectivity index (χ4n) is 3.06. The highest BCUT2D eigenvalue weighted by Gasteiger charge is 2.20. The second-order valence-electron chi connectivity index (χ2n) is 5.84. The summed E-state index contributed by atoms with van der Waals surface area (Å²) in [6, 6.07) is 16.5. The lowest BCUT2D eigenvalue weighted by molar-refractivity contribution is -0.131. The molecule has 22 heavy (non-hydrogen) atoms. The van der Waals surface area contributed by atoms with Crippen LogP contribution in [0.15, 0.2) is 48.5 Å². The second kappa shape index (κ2) is 6.32. The van der Waals surface area contributed by atoms with Crippen molar-refractivity contribution in [1.82, 2.24) is 4.90 Å². The van der Waals surface area contributed by atoms with Gasteiger partial charge in [0, 0.05) is 19.5 Å². The topological polar surface area (TPSA) is 46.3 Å². The molecule has 1 aliphatic heterocycles. The van der Waals surface area contributed by atoms with Crippen LogP contribution in [-0.2, 0) is 17.8 Å². The molecule has 2 N–H and O–H groups in total. The number of amides is 1. The molecule has 0 aliphatic carbocycles. The predicted octanol–water partition coefficient (Wildman–Crippen LogP) is 3.03. The number of hydrogen-bond acceptors (Lipinski definition) is 2. The van der Waals surface area contributed by atoms with Gasteiger partial charge in [-0.1, -0.05) is 55.5 Å². The summed E-state index contributed by atoms with van der Waals surface area (Å²) < 4.78 is 0. The first-order valence-electron chi connectivity index (χ1n) is 7.89. The number of hydrogen-bond donors (Lipinski definition) is 1. The van der Waals surface area contributed by atoms with Crippen molar-refractivity contribution in [3.05, 3.63) is 70.8 Å². The van der Waals surface area contributed by atoms with E-state index in [1.54, 1.807) is 0 Å². The Morgan fingerprint density at radius 1 is 1.14 bits per heavy atom. The Hall–Kier alpha value is -2.13. The number of fused-ring (bicyclic) bond motifs is 1. The second-order valence-corrected chi connectivity index (χ2v) is 5.84. The van der Waals surface area contributed by atoms with Crippen LogP contribution in [-0.4, -0.2) is 17.4 Å². The van der Waals surface area contributed by atoms with E-state index in [1.807, 2.05) is 30.0 Å². The zero-order valence-electron chi connectivity index (χ0n) is 13.0. The molecule has 0 bridgehead atoms.